The summed E-state index contributed by atoms with van der Waals surface area (Å²) < 4.78 is 90.7. The summed E-state index contributed by atoms with van der Waals surface area (Å²) >= 11 is 0. The van der Waals surface area contributed by atoms with Crippen molar-refractivity contribution in [3.8, 4) is 44.9 Å². The number of rotatable bonds is 11. The van der Waals surface area contributed by atoms with Crippen molar-refractivity contribution in [2.75, 3.05) is 0 Å². The molecule has 0 aliphatic carbocycles. The van der Waals surface area contributed by atoms with Gasteiger partial charge in [-0.1, -0.05) is 308 Å². The van der Waals surface area contributed by atoms with Gasteiger partial charge in [0.2, 0.25) is 0 Å². The zero-order chi connectivity index (χ0) is 76.6. The van der Waals surface area contributed by atoms with Crippen molar-refractivity contribution in [1.82, 2.24) is 0 Å². The Balaban J connectivity index is 0. The van der Waals surface area contributed by atoms with Crippen LogP contribution in [-0.4, -0.2) is 16.6 Å². The molecule has 0 N–H and O–H groups in total. The van der Waals surface area contributed by atoms with Gasteiger partial charge in [0.25, 0.3) is 0 Å². The van der Waals surface area contributed by atoms with Gasteiger partial charge in [0, 0.05) is 0 Å². The second kappa shape index (κ2) is 47.3. The van der Waals surface area contributed by atoms with Gasteiger partial charge in [0.15, 0.2) is 16.6 Å². The van der Waals surface area contributed by atoms with Crippen molar-refractivity contribution in [3.05, 3.63) is 342 Å². The summed E-state index contributed by atoms with van der Waals surface area (Å²) in [6.07, 6.45) is -8.43. The van der Waals surface area contributed by atoms with Crippen LogP contribution in [0.3, 0.4) is 0 Å². The third kappa shape index (κ3) is 35.2. The molecule has 0 fully saturated rings. The fourth-order valence-electron chi connectivity index (χ4n) is 10.9. The largest absolute Gasteiger partial charge is 0.457 e. The molecule has 109 heavy (non-hydrogen) atoms. The highest BCUT2D eigenvalue weighted by molar-refractivity contribution is 6.84. The summed E-state index contributed by atoms with van der Waals surface area (Å²) in [6.45, 7) is 46.5. The van der Waals surface area contributed by atoms with Gasteiger partial charge in [-0.15, -0.1) is 0 Å². The van der Waals surface area contributed by atoms with Gasteiger partial charge in [0.1, 0.15) is 11.5 Å². The summed E-state index contributed by atoms with van der Waals surface area (Å²) in [7, 11) is -2.54. The summed E-state index contributed by atoms with van der Waals surface area (Å²) in [4.78, 5) is 0. The monoisotopic (exact) mass is 1520 g/mol. The molecule has 0 spiro atoms. The highest BCUT2D eigenvalue weighted by atomic mass is 28.4. The number of halogens is 6. The predicted molar refractivity (Wildman–Crippen MR) is 474 cm³/mol. The highest BCUT2D eigenvalue weighted by Crippen LogP contribution is 2.43. The van der Waals surface area contributed by atoms with Crippen LogP contribution in [0.25, 0.3) is 33.4 Å². The molecule has 11 rings (SSSR count). The van der Waals surface area contributed by atoms with E-state index in [4.69, 9.17) is 8.85 Å². The number of hydrogen-bond donors (Lipinski definition) is 0. The molecule has 0 aliphatic heterocycles. The maximum absolute atomic E-state index is 13.1. The normalized spacial score (nSPS) is 10.5. The molecule has 11 aromatic carbocycles. The molecule has 592 valence electrons. The number of benzene rings is 11. The maximum atomic E-state index is 13.1. The van der Waals surface area contributed by atoms with E-state index in [2.05, 4.69) is 283 Å². The fourth-order valence-corrected chi connectivity index (χ4v) is 18.0. The van der Waals surface area contributed by atoms with Crippen molar-refractivity contribution in [2.45, 2.75) is 226 Å². The molecule has 0 radical (unpaired) electrons. The Labute approximate surface area is 660 Å². The van der Waals surface area contributed by atoms with E-state index in [9.17, 15) is 26.3 Å². The third-order valence-electron chi connectivity index (χ3n) is 18.1. The molecule has 0 aromatic heterocycles. The van der Waals surface area contributed by atoms with Crippen LogP contribution in [0.15, 0.2) is 231 Å². The quantitative estimate of drug-likeness (QED) is 0.0949. The first-order chi connectivity index (χ1) is 48.2. The Kier molecular flexibility index (Phi) is 44.4. The lowest BCUT2D eigenvalue weighted by atomic mass is 9.92. The SMILES string of the molecule is C.C.C.C.C.C.CC[Si](C)(C)O[Si](C)(C)CC.Cc1ccc(-c2ccc(C)c(C)c2)cc1C.Cc1ccc(-c2ccc(C)cc2C(F)(F)F)c(C(F)(F)F)c1.Cc1ccc(-c2ccc(C)cc2C)c(C)c1.Cc1ccc(C)cc1.Cc1ccc(Cc2ccc(C)cc2)cc1.Cc1ccc(Oc2ccc(C)cc2)cc1. The van der Waals surface area contributed by atoms with Crippen LogP contribution in [0.1, 0.15) is 170 Å². The van der Waals surface area contributed by atoms with E-state index in [0.29, 0.717) is 11.1 Å². The first kappa shape index (κ1) is 102. The van der Waals surface area contributed by atoms with E-state index in [-0.39, 0.29) is 44.6 Å². The van der Waals surface area contributed by atoms with Crippen LogP contribution in [-0.2, 0) is 22.9 Å². The van der Waals surface area contributed by atoms with E-state index in [1.165, 1.54) is 149 Å². The van der Waals surface area contributed by atoms with Gasteiger partial charge in [-0.3, -0.25) is 0 Å². The van der Waals surface area contributed by atoms with Crippen molar-refractivity contribution in [1.29, 1.82) is 0 Å². The van der Waals surface area contributed by atoms with Gasteiger partial charge in [-0.2, -0.15) is 26.3 Å². The molecule has 0 saturated heterocycles. The lowest BCUT2D eigenvalue weighted by Gasteiger charge is -2.32. The van der Waals surface area contributed by atoms with E-state index in [0.717, 1.165) is 42.2 Å². The molecule has 0 aliphatic rings. The first-order valence-electron chi connectivity index (χ1n) is 35.6. The lowest BCUT2D eigenvalue weighted by molar-refractivity contribution is -0.139. The van der Waals surface area contributed by atoms with Crippen molar-refractivity contribution in [2.24, 2.45) is 0 Å². The van der Waals surface area contributed by atoms with Gasteiger partial charge < -0.3 is 8.85 Å². The predicted octanol–water partition coefficient (Wildman–Crippen LogP) is 32.7. The number of hydrogen-bond acceptors (Lipinski definition) is 2. The Morgan fingerprint density at radius 3 is 0.743 bits per heavy atom. The van der Waals surface area contributed by atoms with Crippen LogP contribution in [0, 0.1) is 111 Å². The fraction of sp³-hybridized carbons (Fsp3) is 0.333. The standard InChI is InChI=1S/C16H12F6.2C16H18.C15H16.C14H14O.C8H22OSi2.C8H10.6CH4/c1-9-3-5-11(13(7-9)15(17,18)19)12-6-4-10(2)8-14(12)16(20,21)22;1-11-5-7-15(9-13(11)3)16-8-6-12(2)14(4)10-16;1-11-5-7-15(13(3)9-11)16-8-6-12(2)10-14(16)4;1-12-3-7-14(8-4-12)11-15-9-5-13(2)6-10-15;1-11-3-7-13(8-4-11)15-14-9-5-12(2)6-10-14;1-7-10(3,4)9-11(5,6)8-2;1-7-3-5-8(2)6-4-7;;;;;;/h3-8H,1-2H3;2*5-10H,1-4H3;3-10H,11H2,1-2H3;3-10H,1-2H3;7-8H2,1-6H3;3-6H,1-2H3;6*1H4. The maximum Gasteiger partial charge on any atom is 0.417 e. The second-order valence-electron chi connectivity index (χ2n) is 28.7. The molecular formula is C99H134F6O2Si2. The molecule has 0 unspecified atom stereocenters. The lowest BCUT2D eigenvalue weighted by Crippen LogP contribution is -2.43. The van der Waals surface area contributed by atoms with E-state index in [1.54, 1.807) is 0 Å². The summed E-state index contributed by atoms with van der Waals surface area (Å²) in [5.74, 6) is 1.76. The van der Waals surface area contributed by atoms with Gasteiger partial charge in [-0.25, -0.2) is 0 Å². The first-order valence-corrected chi connectivity index (χ1v) is 41.8. The molecule has 0 heterocycles. The molecule has 11 aromatic rings. The molecular weight excluding hydrogens is 1390 g/mol. The molecule has 0 amide bonds. The minimum absolute atomic E-state index is 0. The van der Waals surface area contributed by atoms with Crippen LogP contribution in [0.2, 0.25) is 38.3 Å². The Morgan fingerprint density at radius 1 is 0.257 bits per heavy atom. The van der Waals surface area contributed by atoms with E-state index >= 15 is 0 Å². The smallest absolute Gasteiger partial charge is 0.417 e. The van der Waals surface area contributed by atoms with Crippen molar-refractivity contribution >= 4 is 16.6 Å². The number of aryl methyl sites for hydroxylation is 16. The van der Waals surface area contributed by atoms with Gasteiger partial charge >= 0.3 is 12.4 Å². The van der Waals surface area contributed by atoms with Crippen molar-refractivity contribution < 1.29 is 35.2 Å². The minimum Gasteiger partial charge on any atom is -0.457 e. The molecule has 0 saturated carbocycles. The Hall–Kier alpha value is -8.81. The van der Waals surface area contributed by atoms with Gasteiger partial charge in [0.05, 0.1) is 11.1 Å². The molecule has 0 bridgehead atoms. The number of ether oxygens (including phenoxy) is 1. The molecule has 10 heteroatoms. The summed E-state index contributed by atoms with van der Waals surface area (Å²) in [5.41, 5.74) is 24.2. The Morgan fingerprint density at radius 2 is 0.495 bits per heavy atom. The van der Waals surface area contributed by atoms with Crippen molar-refractivity contribution in [3.63, 3.8) is 0 Å². The van der Waals surface area contributed by atoms with Crippen LogP contribution in [0.5, 0.6) is 11.5 Å². The average Bonchev–Trinajstić information content (AvgIpc) is 0.767. The minimum atomic E-state index is -4.73. The third-order valence-corrected chi connectivity index (χ3v) is 25.9. The van der Waals surface area contributed by atoms with E-state index in [1.807, 2.05) is 48.5 Å². The topological polar surface area (TPSA) is 18.5 Å². The zero-order valence-electron chi connectivity index (χ0n) is 65.1. The van der Waals surface area contributed by atoms with Gasteiger partial charge in [-0.05, 0) is 270 Å². The molecule has 2 nitrogen and oxygen atoms in total. The van der Waals surface area contributed by atoms with Crippen LogP contribution < -0.4 is 4.74 Å². The summed E-state index contributed by atoms with van der Waals surface area (Å²) in [6, 6.07) is 77.8. The Bertz CT molecular complexity index is 4060. The van der Waals surface area contributed by atoms with E-state index < -0.39 is 51.2 Å². The average molecular weight is 1530 g/mol. The number of alkyl halides is 6. The van der Waals surface area contributed by atoms with Crippen LogP contribution >= 0.6 is 0 Å². The molecule has 0 atom stereocenters. The highest BCUT2D eigenvalue weighted by Gasteiger charge is 2.38. The second-order valence-corrected chi connectivity index (χ2v) is 38.0. The summed E-state index contributed by atoms with van der Waals surface area (Å²) in [5, 5.41) is 0. The van der Waals surface area contributed by atoms with Crippen LogP contribution in [0.4, 0.5) is 26.3 Å². The zero-order valence-corrected chi connectivity index (χ0v) is 67.1.